The van der Waals surface area contributed by atoms with Gasteiger partial charge in [-0.15, -0.1) is 0 Å². The Morgan fingerprint density at radius 2 is 2.00 bits per heavy atom. The van der Waals surface area contributed by atoms with Gasteiger partial charge in [0, 0.05) is 19.3 Å². The van der Waals surface area contributed by atoms with E-state index in [9.17, 15) is 18.0 Å². The summed E-state index contributed by atoms with van der Waals surface area (Å²) >= 11 is 0. The normalized spacial score (nSPS) is 18.5. The van der Waals surface area contributed by atoms with E-state index in [1.165, 1.54) is 36.2 Å². The van der Waals surface area contributed by atoms with E-state index in [2.05, 4.69) is 0 Å². The highest BCUT2D eigenvalue weighted by Gasteiger charge is 2.37. The number of amides is 2. The van der Waals surface area contributed by atoms with Crippen molar-refractivity contribution in [1.29, 1.82) is 0 Å². The van der Waals surface area contributed by atoms with Gasteiger partial charge in [-0.2, -0.15) is 0 Å². The van der Waals surface area contributed by atoms with E-state index in [-0.39, 0.29) is 13.2 Å². The lowest BCUT2D eigenvalue weighted by atomic mass is 10.3. The molecule has 0 aromatic heterocycles. The minimum Gasteiger partial charge on any atom is -0.373 e. The second-order valence-electron chi connectivity index (χ2n) is 4.65. The summed E-state index contributed by atoms with van der Waals surface area (Å²) in [5, 5.41) is 0. The van der Waals surface area contributed by atoms with Crippen LogP contribution in [-0.4, -0.2) is 50.2 Å². The van der Waals surface area contributed by atoms with E-state index in [1.54, 1.807) is 0 Å². The summed E-state index contributed by atoms with van der Waals surface area (Å²) in [6, 6.07) is 4.68. The van der Waals surface area contributed by atoms with Gasteiger partial charge in [-0.05, 0) is 24.3 Å². The molecule has 1 aliphatic rings. The van der Waals surface area contributed by atoms with Crippen LogP contribution in [0.15, 0.2) is 24.3 Å². The second-order valence-corrected chi connectivity index (χ2v) is 4.65. The molecule has 0 atom stereocenters. The molecule has 110 valence electrons. The van der Waals surface area contributed by atoms with Gasteiger partial charge in [-0.3, -0.25) is 4.90 Å². The Hall–Kier alpha value is -1.76. The van der Waals surface area contributed by atoms with Gasteiger partial charge in [-0.25, -0.2) is 18.0 Å². The first-order valence-electron chi connectivity index (χ1n) is 6.13. The molecule has 0 bridgehead atoms. The summed E-state index contributed by atoms with van der Waals surface area (Å²) in [6.45, 7) is -1.20. The summed E-state index contributed by atoms with van der Waals surface area (Å²) in [5.41, 5.74) is 0.435. The van der Waals surface area contributed by atoms with Gasteiger partial charge in [0.2, 0.25) is 0 Å². The smallest absolute Gasteiger partial charge is 0.324 e. The number of benzene rings is 1. The van der Waals surface area contributed by atoms with Gasteiger partial charge in [-0.1, -0.05) is 0 Å². The molecule has 1 aliphatic heterocycles. The second kappa shape index (κ2) is 5.70. The molecule has 0 unspecified atom stereocenters. The Balaban J connectivity index is 2.11. The number of rotatable bonds is 1. The lowest BCUT2D eigenvalue weighted by Gasteiger charge is -2.28. The number of ether oxygens (including phenoxy) is 1. The molecule has 0 saturated carbocycles. The molecule has 2 rings (SSSR count). The summed E-state index contributed by atoms with van der Waals surface area (Å²) in [7, 11) is 1.46. The Morgan fingerprint density at radius 1 is 1.35 bits per heavy atom. The molecule has 0 spiro atoms. The van der Waals surface area contributed by atoms with Crippen LogP contribution in [0.5, 0.6) is 0 Å². The van der Waals surface area contributed by atoms with Crippen LogP contribution in [0.4, 0.5) is 23.7 Å². The van der Waals surface area contributed by atoms with Gasteiger partial charge >= 0.3 is 6.03 Å². The fraction of sp³-hybridized carbons (Fsp3) is 0.462. The average molecular weight is 288 g/mol. The largest absolute Gasteiger partial charge is 0.373 e. The topological polar surface area (TPSA) is 32.8 Å². The van der Waals surface area contributed by atoms with Crippen LogP contribution in [0.25, 0.3) is 0 Å². The van der Waals surface area contributed by atoms with Gasteiger partial charge in [0.1, 0.15) is 12.4 Å². The van der Waals surface area contributed by atoms with Crippen LogP contribution in [0.1, 0.15) is 0 Å². The van der Waals surface area contributed by atoms with Gasteiger partial charge < -0.3 is 9.64 Å². The maximum Gasteiger partial charge on any atom is 0.324 e. The molecule has 2 amide bonds. The SMILES string of the molecule is CN(C(=O)N1CCOCC(F)(F)C1)c1ccc(F)cc1. The zero-order valence-corrected chi connectivity index (χ0v) is 11.0. The van der Waals surface area contributed by atoms with Crippen molar-refractivity contribution in [2.75, 3.05) is 38.3 Å². The first kappa shape index (κ1) is 14.6. The minimum absolute atomic E-state index is 0.0680. The van der Waals surface area contributed by atoms with Crippen LogP contribution in [0.3, 0.4) is 0 Å². The van der Waals surface area contributed by atoms with Crippen molar-refractivity contribution in [3.8, 4) is 0 Å². The Bertz CT molecular complexity index is 479. The Labute approximate surface area is 114 Å². The maximum absolute atomic E-state index is 13.4. The van der Waals surface area contributed by atoms with Crippen LogP contribution in [0, 0.1) is 5.82 Å². The highest BCUT2D eigenvalue weighted by atomic mass is 19.3. The van der Waals surface area contributed by atoms with Crippen LogP contribution < -0.4 is 4.90 Å². The number of carbonyl (C=O) groups excluding carboxylic acids is 1. The number of carbonyl (C=O) groups is 1. The molecule has 20 heavy (non-hydrogen) atoms. The molecule has 0 N–H and O–H groups in total. The zero-order chi connectivity index (χ0) is 14.8. The molecule has 4 nitrogen and oxygen atoms in total. The predicted molar refractivity (Wildman–Crippen MR) is 67.5 cm³/mol. The Morgan fingerprint density at radius 3 is 2.65 bits per heavy atom. The number of hydrogen-bond donors (Lipinski definition) is 0. The summed E-state index contributed by atoms with van der Waals surface area (Å²) < 4.78 is 44.4. The fourth-order valence-corrected chi connectivity index (χ4v) is 1.95. The van der Waals surface area contributed by atoms with Crippen molar-refractivity contribution in [2.45, 2.75) is 5.92 Å². The highest BCUT2D eigenvalue weighted by Crippen LogP contribution is 2.21. The minimum atomic E-state index is -3.06. The number of nitrogens with zero attached hydrogens (tertiary/aromatic N) is 2. The van der Waals surface area contributed by atoms with Crippen molar-refractivity contribution >= 4 is 11.7 Å². The lowest BCUT2D eigenvalue weighted by Crippen LogP contribution is -2.46. The summed E-state index contributed by atoms with van der Waals surface area (Å²) in [4.78, 5) is 14.4. The van der Waals surface area contributed by atoms with Crippen molar-refractivity contribution < 1.29 is 22.7 Å². The number of anilines is 1. The first-order valence-corrected chi connectivity index (χ1v) is 6.13. The number of alkyl halides is 2. The zero-order valence-electron chi connectivity index (χ0n) is 11.0. The third-order valence-corrected chi connectivity index (χ3v) is 3.01. The van der Waals surface area contributed by atoms with E-state index in [0.29, 0.717) is 5.69 Å². The van der Waals surface area contributed by atoms with Crippen molar-refractivity contribution in [3.05, 3.63) is 30.1 Å². The quantitative estimate of drug-likeness (QED) is 0.794. The van der Waals surface area contributed by atoms with Crippen LogP contribution in [0.2, 0.25) is 0 Å². The third kappa shape index (κ3) is 3.41. The summed E-state index contributed by atoms with van der Waals surface area (Å²) in [5.74, 6) is -3.49. The third-order valence-electron chi connectivity index (χ3n) is 3.01. The van der Waals surface area contributed by atoms with Crippen molar-refractivity contribution in [2.24, 2.45) is 0 Å². The van der Waals surface area contributed by atoms with E-state index in [0.717, 1.165) is 4.90 Å². The molecule has 1 heterocycles. The first-order chi connectivity index (χ1) is 9.39. The van der Waals surface area contributed by atoms with Crippen molar-refractivity contribution in [3.63, 3.8) is 0 Å². The molecule has 7 heteroatoms. The molecule has 0 radical (unpaired) electrons. The van der Waals surface area contributed by atoms with E-state index in [1.807, 2.05) is 0 Å². The van der Waals surface area contributed by atoms with Crippen LogP contribution >= 0.6 is 0 Å². The van der Waals surface area contributed by atoms with Gasteiger partial charge in [0.25, 0.3) is 5.92 Å². The van der Waals surface area contributed by atoms with E-state index >= 15 is 0 Å². The molecule has 0 aliphatic carbocycles. The number of urea groups is 1. The summed E-state index contributed by atoms with van der Waals surface area (Å²) in [6.07, 6.45) is 0. The van der Waals surface area contributed by atoms with Crippen molar-refractivity contribution in [1.82, 2.24) is 4.90 Å². The molecule has 1 aromatic carbocycles. The lowest BCUT2D eigenvalue weighted by molar-refractivity contribution is -0.0650. The molecule has 1 saturated heterocycles. The number of hydrogen-bond acceptors (Lipinski definition) is 2. The van der Waals surface area contributed by atoms with E-state index < -0.39 is 30.9 Å². The molecular weight excluding hydrogens is 273 g/mol. The molecule has 1 fully saturated rings. The average Bonchev–Trinajstić information content (AvgIpc) is 2.59. The van der Waals surface area contributed by atoms with E-state index in [4.69, 9.17) is 4.74 Å². The monoisotopic (exact) mass is 288 g/mol. The predicted octanol–water partition coefficient (Wildman–Crippen LogP) is 2.35. The highest BCUT2D eigenvalue weighted by molar-refractivity contribution is 5.91. The standard InChI is InChI=1S/C13H15F3N2O2/c1-17(11-4-2-10(14)3-5-11)12(19)18-6-7-20-9-13(15,16)8-18/h2-5H,6-9H2,1H3. The van der Waals surface area contributed by atoms with Crippen LogP contribution in [-0.2, 0) is 4.74 Å². The molecule has 1 aromatic rings. The molecular formula is C13H15F3N2O2. The Kier molecular flexibility index (Phi) is 4.17. The van der Waals surface area contributed by atoms with Gasteiger partial charge in [0.05, 0.1) is 13.2 Å². The number of halogens is 3. The van der Waals surface area contributed by atoms with Gasteiger partial charge in [0.15, 0.2) is 0 Å². The fourth-order valence-electron chi connectivity index (χ4n) is 1.95. The maximum atomic E-state index is 13.4.